The fraction of sp³-hybridized carbons (Fsp3) is 0.333. The molecule has 0 bridgehead atoms. The van der Waals surface area contributed by atoms with Gasteiger partial charge in [0.2, 0.25) is 11.8 Å². The summed E-state index contributed by atoms with van der Waals surface area (Å²) in [4.78, 5) is 35.5. The normalized spacial score (nSPS) is 15.5. The van der Waals surface area contributed by atoms with Gasteiger partial charge >= 0.3 is 6.09 Å². The van der Waals surface area contributed by atoms with Gasteiger partial charge in [0.05, 0.1) is 43.8 Å². The third-order valence-corrected chi connectivity index (χ3v) is 8.36. The molecule has 1 aliphatic heterocycles. The van der Waals surface area contributed by atoms with Gasteiger partial charge < -0.3 is 24.8 Å². The van der Waals surface area contributed by atoms with Crippen molar-refractivity contribution in [2.75, 3.05) is 37.3 Å². The van der Waals surface area contributed by atoms with E-state index in [2.05, 4.69) is 14.7 Å². The minimum atomic E-state index is -4.51. The first-order chi connectivity index (χ1) is 21.6. The van der Waals surface area contributed by atoms with Crippen LogP contribution < -0.4 is 20.8 Å². The molecule has 2 aromatic heterocycles. The predicted molar refractivity (Wildman–Crippen MR) is 165 cm³/mol. The van der Waals surface area contributed by atoms with E-state index in [1.54, 1.807) is 39.0 Å². The van der Waals surface area contributed by atoms with Crippen molar-refractivity contribution in [1.82, 2.24) is 19.4 Å². The zero-order valence-corrected chi connectivity index (χ0v) is 26.2. The molecule has 0 saturated carbocycles. The van der Waals surface area contributed by atoms with Crippen LogP contribution in [0.3, 0.4) is 0 Å². The standard InChI is InChI=1S/C30H32F2N6O7S/c1-30(2,3)45-29(40)37-9-10-44-20(15-37)16-38-27(39)21-11-17(5-7-23(21)35-28(38)33)18-12-24(26(43-4)34-14-18)36-46(41,42)25-8-6-19(31)13-22(25)32/h5-8,11-14,20,36H,9-10,15-16H2,1-4H3,(H2,33,35). The Bertz CT molecular complexity index is 1980. The fourth-order valence-corrected chi connectivity index (χ4v) is 5.97. The Balaban J connectivity index is 1.45. The molecule has 2 aromatic carbocycles. The number of amides is 1. The van der Waals surface area contributed by atoms with E-state index < -0.39 is 49.9 Å². The number of benzene rings is 2. The summed E-state index contributed by atoms with van der Waals surface area (Å²) < 4.78 is 73.6. The molecular formula is C30H32F2N6O7S. The van der Waals surface area contributed by atoms with Gasteiger partial charge in [-0.05, 0) is 56.7 Å². The van der Waals surface area contributed by atoms with Crippen molar-refractivity contribution in [2.45, 2.75) is 43.9 Å². The first kappa shape index (κ1) is 32.6. The SMILES string of the molecule is COc1ncc(-c2ccc3nc(N)n(CC4CN(C(=O)OC(C)(C)C)CCO4)c(=O)c3c2)cc1NS(=O)(=O)c1ccc(F)cc1F. The van der Waals surface area contributed by atoms with E-state index in [9.17, 15) is 26.8 Å². The number of aromatic nitrogens is 3. The van der Waals surface area contributed by atoms with Crippen LogP contribution in [0.25, 0.3) is 22.0 Å². The summed E-state index contributed by atoms with van der Waals surface area (Å²) in [5.41, 5.74) is 6.07. The number of hydrogen-bond donors (Lipinski definition) is 2. The molecule has 0 radical (unpaired) electrons. The first-order valence-corrected chi connectivity index (χ1v) is 15.6. The van der Waals surface area contributed by atoms with Gasteiger partial charge in [-0.1, -0.05) is 6.07 Å². The van der Waals surface area contributed by atoms with E-state index in [1.807, 2.05) is 0 Å². The summed E-state index contributed by atoms with van der Waals surface area (Å²) in [6.07, 6.45) is 0.358. The number of morpholine rings is 1. The Morgan fingerprint density at radius 1 is 1.15 bits per heavy atom. The van der Waals surface area contributed by atoms with Gasteiger partial charge in [-0.2, -0.15) is 0 Å². The Kier molecular flexibility index (Phi) is 8.86. The Morgan fingerprint density at radius 3 is 2.61 bits per heavy atom. The highest BCUT2D eigenvalue weighted by Gasteiger charge is 2.29. The van der Waals surface area contributed by atoms with Gasteiger partial charge in [-0.3, -0.25) is 14.1 Å². The maximum absolute atomic E-state index is 14.3. The number of nitrogens with two attached hydrogens (primary N) is 1. The zero-order valence-electron chi connectivity index (χ0n) is 25.4. The van der Waals surface area contributed by atoms with Crippen molar-refractivity contribution < 1.29 is 36.2 Å². The third kappa shape index (κ3) is 7.02. The molecule has 1 fully saturated rings. The molecule has 1 saturated heterocycles. The lowest BCUT2D eigenvalue weighted by Gasteiger charge is -2.34. The van der Waals surface area contributed by atoms with Gasteiger partial charge in [-0.15, -0.1) is 0 Å². The number of anilines is 2. The molecule has 16 heteroatoms. The molecule has 3 heterocycles. The number of nitrogens with zero attached hydrogens (tertiary/aromatic N) is 4. The van der Waals surface area contributed by atoms with Crippen LogP contribution >= 0.6 is 0 Å². The van der Waals surface area contributed by atoms with E-state index in [4.69, 9.17) is 19.9 Å². The lowest BCUT2D eigenvalue weighted by molar-refractivity contribution is -0.0474. The number of fused-ring (bicyclic) bond motifs is 1. The number of pyridine rings is 1. The molecule has 1 amide bonds. The fourth-order valence-electron chi connectivity index (χ4n) is 4.86. The van der Waals surface area contributed by atoms with E-state index >= 15 is 0 Å². The van der Waals surface area contributed by atoms with Crippen LogP contribution in [0, 0.1) is 11.6 Å². The quantitative estimate of drug-likeness (QED) is 0.298. The molecule has 1 atom stereocenters. The molecule has 4 aromatic rings. The predicted octanol–water partition coefficient (Wildman–Crippen LogP) is 3.76. The van der Waals surface area contributed by atoms with Gasteiger partial charge in [0, 0.05) is 24.4 Å². The molecule has 1 unspecified atom stereocenters. The van der Waals surface area contributed by atoms with Crippen LogP contribution in [0.1, 0.15) is 20.8 Å². The Labute approximate surface area is 263 Å². The summed E-state index contributed by atoms with van der Waals surface area (Å²) in [7, 11) is -3.24. The van der Waals surface area contributed by atoms with Crippen molar-refractivity contribution in [2.24, 2.45) is 0 Å². The largest absolute Gasteiger partial charge is 0.480 e. The molecule has 46 heavy (non-hydrogen) atoms. The van der Waals surface area contributed by atoms with Crippen molar-refractivity contribution in [3.8, 4) is 17.0 Å². The maximum Gasteiger partial charge on any atom is 0.410 e. The number of carbonyl (C=O) groups excluding carboxylic acids is 1. The van der Waals surface area contributed by atoms with E-state index in [1.165, 1.54) is 28.8 Å². The maximum atomic E-state index is 14.3. The lowest BCUT2D eigenvalue weighted by Crippen LogP contribution is -2.49. The minimum Gasteiger partial charge on any atom is -0.480 e. The molecule has 3 N–H and O–H groups in total. The van der Waals surface area contributed by atoms with Gasteiger partial charge in [0.1, 0.15) is 27.8 Å². The van der Waals surface area contributed by atoms with E-state index in [0.29, 0.717) is 29.3 Å². The summed E-state index contributed by atoms with van der Waals surface area (Å²) in [6.45, 7) is 6.09. The summed E-state index contributed by atoms with van der Waals surface area (Å²) in [5, 5.41) is 0.206. The number of nitrogens with one attached hydrogen (secondary N) is 1. The Hall–Kier alpha value is -4.83. The number of sulfonamides is 1. The van der Waals surface area contributed by atoms with Crippen LogP contribution in [0.5, 0.6) is 5.88 Å². The van der Waals surface area contributed by atoms with E-state index in [-0.39, 0.29) is 42.6 Å². The number of carbonyl (C=O) groups is 1. The second-order valence-corrected chi connectivity index (χ2v) is 13.1. The van der Waals surface area contributed by atoms with Gasteiger partial charge in [-0.25, -0.2) is 32.0 Å². The number of nitrogen functional groups attached to an aromatic ring is 1. The number of halogens is 2. The molecule has 244 valence electrons. The van der Waals surface area contributed by atoms with Crippen LogP contribution in [-0.4, -0.2) is 72.5 Å². The van der Waals surface area contributed by atoms with Crippen molar-refractivity contribution >= 4 is 38.7 Å². The highest BCUT2D eigenvalue weighted by atomic mass is 32.2. The summed E-state index contributed by atoms with van der Waals surface area (Å²) in [5.74, 6) is -2.36. The van der Waals surface area contributed by atoms with Crippen molar-refractivity contribution in [3.05, 3.63) is 70.6 Å². The smallest absolute Gasteiger partial charge is 0.410 e. The monoisotopic (exact) mass is 658 g/mol. The van der Waals surface area contributed by atoms with Crippen LogP contribution in [0.15, 0.2) is 58.4 Å². The van der Waals surface area contributed by atoms with Gasteiger partial charge in [0.25, 0.3) is 15.6 Å². The van der Waals surface area contributed by atoms with Gasteiger partial charge in [0.15, 0.2) is 0 Å². The zero-order chi connectivity index (χ0) is 33.4. The average molecular weight is 659 g/mol. The van der Waals surface area contributed by atoms with Crippen molar-refractivity contribution in [3.63, 3.8) is 0 Å². The highest BCUT2D eigenvalue weighted by Crippen LogP contribution is 2.31. The molecule has 0 aliphatic carbocycles. The number of hydrogen-bond acceptors (Lipinski definition) is 10. The lowest BCUT2D eigenvalue weighted by atomic mass is 10.0. The summed E-state index contributed by atoms with van der Waals surface area (Å²) in [6, 6.07) is 8.26. The first-order valence-electron chi connectivity index (χ1n) is 14.1. The van der Waals surface area contributed by atoms with E-state index in [0.717, 1.165) is 12.1 Å². The number of methoxy groups -OCH3 is 1. The molecular weight excluding hydrogens is 626 g/mol. The minimum absolute atomic E-state index is 0.0209. The average Bonchev–Trinajstić information content (AvgIpc) is 2.98. The second kappa shape index (κ2) is 12.5. The number of rotatable bonds is 7. The number of ether oxygens (including phenoxy) is 3. The Morgan fingerprint density at radius 2 is 1.91 bits per heavy atom. The van der Waals surface area contributed by atoms with Crippen LogP contribution in [0.4, 0.5) is 25.2 Å². The van der Waals surface area contributed by atoms with Crippen LogP contribution in [0.2, 0.25) is 0 Å². The summed E-state index contributed by atoms with van der Waals surface area (Å²) >= 11 is 0. The van der Waals surface area contributed by atoms with Crippen molar-refractivity contribution in [1.29, 1.82) is 0 Å². The molecule has 13 nitrogen and oxygen atoms in total. The third-order valence-electron chi connectivity index (χ3n) is 6.97. The molecule has 0 spiro atoms. The molecule has 5 rings (SSSR count). The van der Waals surface area contributed by atoms with Crippen LogP contribution in [-0.2, 0) is 26.0 Å². The molecule has 1 aliphatic rings. The highest BCUT2D eigenvalue weighted by molar-refractivity contribution is 7.92. The topological polar surface area (TPSA) is 168 Å². The second-order valence-electron chi connectivity index (χ2n) is 11.5.